The highest BCUT2D eigenvalue weighted by Gasteiger charge is 2.40. The minimum atomic E-state index is -0.868. The van der Waals surface area contributed by atoms with E-state index in [1.807, 2.05) is 56.3 Å². The third kappa shape index (κ3) is 5.78. The molecule has 3 aromatic carbocycles. The van der Waals surface area contributed by atoms with Gasteiger partial charge >= 0.3 is 5.97 Å². The van der Waals surface area contributed by atoms with Crippen LogP contribution >= 0.6 is 0 Å². The molecule has 8 heteroatoms. The van der Waals surface area contributed by atoms with Gasteiger partial charge in [0.05, 0.1) is 18.4 Å². The average molecular weight is 486 g/mol. The van der Waals surface area contributed by atoms with E-state index in [4.69, 9.17) is 9.47 Å². The molecule has 0 aromatic heterocycles. The van der Waals surface area contributed by atoms with E-state index in [1.165, 1.54) is 6.21 Å². The molecule has 1 fully saturated rings. The lowest BCUT2D eigenvalue weighted by Gasteiger charge is -2.15. The van der Waals surface area contributed by atoms with Gasteiger partial charge in [0, 0.05) is 12.5 Å². The van der Waals surface area contributed by atoms with Crippen molar-refractivity contribution >= 4 is 24.0 Å². The zero-order valence-corrected chi connectivity index (χ0v) is 20.1. The predicted octanol–water partition coefficient (Wildman–Crippen LogP) is 3.59. The van der Waals surface area contributed by atoms with E-state index in [1.54, 1.807) is 30.3 Å². The second kappa shape index (κ2) is 11.3. The summed E-state index contributed by atoms with van der Waals surface area (Å²) in [6.07, 6.45) is 1.44. The number of hydrogen-bond donors (Lipinski definition) is 2. The lowest BCUT2D eigenvalue weighted by atomic mass is 9.88. The zero-order valence-electron chi connectivity index (χ0n) is 20.1. The van der Waals surface area contributed by atoms with Gasteiger partial charge in [0.25, 0.3) is 5.91 Å². The monoisotopic (exact) mass is 485 g/mol. The predicted molar refractivity (Wildman–Crippen MR) is 135 cm³/mol. The molecule has 0 radical (unpaired) electrons. The largest absolute Gasteiger partial charge is 0.490 e. The van der Waals surface area contributed by atoms with Gasteiger partial charge < -0.3 is 14.8 Å². The maximum atomic E-state index is 12.8. The molecule has 0 bridgehead atoms. The molecule has 8 nitrogen and oxygen atoms in total. The molecule has 0 spiro atoms. The van der Waals surface area contributed by atoms with Gasteiger partial charge in [-0.2, -0.15) is 5.10 Å². The van der Waals surface area contributed by atoms with Crippen molar-refractivity contribution in [2.45, 2.75) is 19.8 Å². The highest BCUT2D eigenvalue weighted by molar-refractivity contribution is 6.03. The molecule has 1 heterocycles. The molecule has 1 aliphatic heterocycles. The fourth-order valence-corrected chi connectivity index (χ4v) is 3.98. The number of carbonyl (C=O) groups excluding carboxylic acids is 3. The topological polar surface area (TPSA) is 106 Å². The quantitative estimate of drug-likeness (QED) is 0.167. The first-order chi connectivity index (χ1) is 17.5. The van der Waals surface area contributed by atoms with Crippen LogP contribution in [0.2, 0.25) is 0 Å². The fourth-order valence-electron chi connectivity index (χ4n) is 3.98. The van der Waals surface area contributed by atoms with Crippen LogP contribution in [0.5, 0.6) is 11.5 Å². The van der Waals surface area contributed by atoms with Crippen molar-refractivity contribution in [2.75, 3.05) is 13.2 Å². The van der Waals surface area contributed by atoms with Crippen molar-refractivity contribution in [3.63, 3.8) is 0 Å². The minimum Gasteiger partial charge on any atom is -0.490 e. The Morgan fingerprint density at radius 2 is 1.81 bits per heavy atom. The van der Waals surface area contributed by atoms with Gasteiger partial charge in [-0.3, -0.25) is 9.59 Å². The molecule has 2 atom stereocenters. The molecule has 1 saturated heterocycles. The Balaban J connectivity index is 1.43. The lowest BCUT2D eigenvalue weighted by molar-refractivity contribution is -0.133. The van der Waals surface area contributed by atoms with Crippen LogP contribution in [0.4, 0.5) is 0 Å². The molecule has 36 heavy (non-hydrogen) atoms. The first kappa shape index (κ1) is 24.7. The number of esters is 1. The Morgan fingerprint density at radius 3 is 2.53 bits per heavy atom. The Morgan fingerprint density at radius 1 is 1.06 bits per heavy atom. The van der Waals surface area contributed by atoms with E-state index >= 15 is 0 Å². The highest BCUT2D eigenvalue weighted by atomic mass is 16.6. The van der Waals surface area contributed by atoms with E-state index in [-0.39, 0.29) is 17.6 Å². The lowest BCUT2D eigenvalue weighted by Crippen LogP contribution is -2.34. The molecule has 0 saturated carbocycles. The maximum absolute atomic E-state index is 12.8. The van der Waals surface area contributed by atoms with Crippen molar-refractivity contribution in [1.29, 1.82) is 0 Å². The molecule has 0 aliphatic carbocycles. The van der Waals surface area contributed by atoms with Crippen LogP contribution in [0, 0.1) is 12.8 Å². The van der Waals surface area contributed by atoms with E-state index < -0.39 is 17.8 Å². The van der Waals surface area contributed by atoms with Crippen molar-refractivity contribution in [3.8, 4) is 11.5 Å². The van der Waals surface area contributed by atoms with E-state index in [0.717, 1.165) is 11.1 Å². The second-order valence-corrected chi connectivity index (χ2v) is 8.37. The number of carbonyl (C=O) groups is 3. The smallest absolute Gasteiger partial charge is 0.343 e. The summed E-state index contributed by atoms with van der Waals surface area (Å²) in [5.74, 6) is -1.79. The number of hydrogen-bond acceptors (Lipinski definition) is 6. The Kier molecular flexibility index (Phi) is 7.75. The van der Waals surface area contributed by atoms with Gasteiger partial charge in [-0.25, -0.2) is 10.2 Å². The number of amides is 2. The van der Waals surface area contributed by atoms with E-state index in [2.05, 4.69) is 15.8 Å². The first-order valence-corrected chi connectivity index (χ1v) is 11.7. The molecule has 184 valence electrons. The first-order valence-electron chi connectivity index (χ1n) is 11.7. The standard InChI is InChI=1S/C28H27N3O5/c1-3-35-24-15-19(11-14-23(24)36-28(34)21-12-9-18(2)10-13-21)16-30-31-27(33)25-22(17-29-26(25)32)20-7-5-4-6-8-20/h4-16,22,25H,3,17H2,1-2H3,(H,29,32)(H,31,33)/b30-16-. The molecule has 4 rings (SSSR count). The van der Waals surface area contributed by atoms with Crippen molar-refractivity contribution in [3.05, 3.63) is 95.1 Å². The number of ether oxygens (including phenoxy) is 2. The summed E-state index contributed by atoms with van der Waals surface area (Å²) in [6, 6.07) is 21.5. The zero-order chi connectivity index (χ0) is 25.5. The van der Waals surface area contributed by atoms with Crippen LogP contribution in [-0.2, 0) is 9.59 Å². The normalized spacial score (nSPS) is 17.0. The summed E-state index contributed by atoms with van der Waals surface area (Å²) < 4.78 is 11.2. The van der Waals surface area contributed by atoms with Gasteiger partial charge in [0.2, 0.25) is 5.91 Å². The van der Waals surface area contributed by atoms with Crippen LogP contribution < -0.4 is 20.2 Å². The Labute approximate surface area is 209 Å². The number of benzene rings is 3. The molecule has 3 aromatic rings. The van der Waals surface area contributed by atoms with Gasteiger partial charge in [0.15, 0.2) is 11.5 Å². The van der Waals surface area contributed by atoms with Crippen molar-refractivity contribution in [2.24, 2.45) is 11.0 Å². The van der Waals surface area contributed by atoms with Crippen LogP contribution in [0.25, 0.3) is 0 Å². The number of rotatable bonds is 8. The summed E-state index contributed by atoms with van der Waals surface area (Å²) >= 11 is 0. The summed E-state index contributed by atoms with van der Waals surface area (Å²) in [5.41, 5.74) is 5.47. The molecule has 1 aliphatic rings. The van der Waals surface area contributed by atoms with Gasteiger partial charge in [-0.1, -0.05) is 48.0 Å². The van der Waals surface area contributed by atoms with Gasteiger partial charge in [-0.05, 0) is 55.3 Å². The molecule has 2 N–H and O–H groups in total. The van der Waals surface area contributed by atoms with Crippen molar-refractivity contribution in [1.82, 2.24) is 10.7 Å². The summed E-state index contributed by atoms with van der Waals surface area (Å²) in [7, 11) is 0. The number of nitrogens with zero attached hydrogens (tertiary/aromatic N) is 1. The second-order valence-electron chi connectivity index (χ2n) is 8.37. The van der Waals surface area contributed by atoms with Crippen LogP contribution in [0.3, 0.4) is 0 Å². The third-order valence-corrected chi connectivity index (χ3v) is 5.84. The molecule has 2 unspecified atom stereocenters. The molecule has 2 amide bonds. The van der Waals surface area contributed by atoms with Gasteiger partial charge in [-0.15, -0.1) is 0 Å². The molecular formula is C28H27N3O5. The van der Waals surface area contributed by atoms with E-state index in [9.17, 15) is 14.4 Å². The van der Waals surface area contributed by atoms with Crippen LogP contribution in [0.1, 0.15) is 39.9 Å². The van der Waals surface area contributed by atoms with E-state index in [0.29, 0.717) is 30.0 Å². The van der Waals surface area contributed by atoms with Gasteiger partial charge in [0.1, 0.15) is 5.92 Å². The number of aryl methyl sites for hydroxylation is 1. The minimum absolute atomic E-state index is 0.263. The Hall–Kier alpha value is -4.46. The van der Waals surface area contributed by atoms with Crippen LogP contribution in [0.15, 0.2) is 77.9 Å². The Bertz CT molecular complexity index is 1270. The highest BCUT2D eigenvalue weighted by Crippen LogP contribution is 2.30. The number of nitrogens with one attached hydrogen (secondary N) is 2. The van der Waals surface area contributed by atoms with Crippen LogP contribution in [-0.4, -0.2) is 37.1 Å². The third-order valence-electron chi connectivity index (χ3n) is 5.84. The SMILES string of the molecule is CCOc1cc(/C=N\NC(=O)C2C(=O)NCC2c2ccccc2)ccc1OC(=O)c1ccc(C)cc1. The summed E-state index contributed by atoms with van der Waals surface area (Å²) in [6.45, 7) is 4.52. The number of hydrazone groups is 1. The summed E-state index contributed by atoms with van der Waals surface area (Å²) in [4.78, 5) is 37.6. The molecular weight excluding hydrogens is 458 g/mol. The fraction of sp³-hybridized carbons (Fsp3) is 0.214. The average Bonchev–Trinajstić information content (AvgIpc) is 3.28. The maximum Gasteiger partial charge on any atom is 0.343 e. The van der Waals surface area contributed by atoms with Crippen molar-refractivity contribution < 1.29 is 23.9 Å². The summed E-state index contributed by atoms with van der Waals surface area (Å²) in [5, 5.41) is 6.78.